The van der Waals surface area contributed by atoms with Crippen LogP contribution in [0.3, 0.4) is 0 Å². The fraction of sp³-hybridized carbons (Fsp3) is 0.333. The number of esters is 2. The number of carbonyl (C=O) groups is 2. The molecule has 0 aliphatic rings. The average Bonchev–Trinajstić information content (AvgIpc) is 2.27. The van der Waals surface area contributed by atoms with Crippen LogP contribution in [-0.2, 0) is 9.53 Å². The average molecular weight is 238 g/mol. The highest BCUT2D eigenvalue weighted by Gasteiger charge is 2.26. The lowest BCUT2D eigenvalue weighted by Crippen LogP contribution is -2.35. The van der Waals surface area contributed by atoms with Crippen molar-refractivity contribution in [2.45, 2.75) is 19.4 Å². The van der Waals surface area contributed by atoms with E-state index in [9.17, 15) is 14.7 Å². The Balaban J connectivity index is 2.87. The third-order valence-corrected chi connectivity index (χ3v) is 1.97. The van der Waals surface area contributed by atoms with Crippen LogP contribution in [0.2, 0.25) is 0 Å². The molecule has 0 fully saturated rings. The minimum absolute atomic E-state index is 0.181. The molecule has 1 rings (SSSR count). The maximum absolute atomic E-state index is 11.4. The maximum atomic E-state index is 11.4. The maximum Gasteiger partial charge on any atom is 0.342 e. The Morgan fingerprint density at radius 1 is 1.29 bits per heavy atom. The molecule has 1 aromatic carbocycles. The first-order valence-corrected chi connectivity index (χ1v) is 4.97. The summed E-state index contributed by atoms with van der Waals surface area (Å²) < 4.78 is 9.45. The van der Waals surface area contributed by atoms with Crippen LogP contribution in [0.1, 0.15) is 24.2 Å². The van der Waals surface area contributed by atoms with E-state index in [1.54, 1.807) is 6.07 Å². The summed E-state index contributed by atoms with van der Waals surface area (Å²) in [7, 11) is 1.26. The van der Waals surface area contributed by atoms with Crippen molar-refractivity contribution in [2.75, 3.05) is 7.11 Å². The molecule has 0 amide bonds. The lowest BCUT2D eigenvalue weighted by atomic mass is 10.1. The molecule has 0 aliphatic carbocycles. The van der Waals surface area contributed by atoms with E-state index >= 15 is 0 Å². The smallest absolute Gasteiger partial charge is 0.342 e. The van der Waals surface area contributed by atoms with Crippen LogP contribution in [-0.4, -0.2) is 29.8 Å². The Morgan fingerprint density at radius 3 is 2.47 bits per heavy atom. The van der Waals surface area contributed by atoms with Gasteiger partial charge in [-0.2, -0.15) is 0 Å². The number of ether oxygens (including phenoxy) is 2. The van der Waals surface area contributed by atoms with E-state index < -0.39 is 17.5 Å². The Hall–Kier alpha value is -1.88. The zero-order valence-corrected chi connectivity index (χ0v) is 9.89. The summed E-state index contributed by atoms with van der Waals surface area (Å²) in [5, 5.41) is 9.41. The predicted octanol–water partition coefficient (Wildman–Crippen LogP) is 1.15. The topological polar surface area (TPSA) is 72.8 Å². The van der Waals surface area contributed by atoms with Crippen LogP contribution in [0.4, 0.5) is 0 Å². The van der Waals surface area contributed by atoms with Crippen molar-refractivity contribution >= 4 is 11.9 Å². The number of methoxy groups -OCH3 is 1. The normalized spacial score (nSPS) is 10.8. The van der Waals surface area contributed by atoms with Crippen molar-refractivity contribution in [3.05, 3.63) is 29.8 Å². The number of carbonyl (C=O) groups excluding carboxylic acids is 2. The molecule has 0 bridgehead atoms. The summed E-state index contributed by atoms with van der Waals surface area (Å²) in [6.07, 6.45) is 0. The van der Waals surface area contributed by atoms with Gasteiger partial charge in [0.25, 0.3) is 0 Å². The van der Waals surface area contributed by atoms with Gasteiger partial charge in [0.15, 0.2) is 5.60 Å². The Labute approximate surface area is 99.0 Å². The van der Waals surface area contributed by atoms with Gasteiger partial charge in [-0.25, -0.2) is 9.59 Å². The molecule has 0 unspecified atom stereocenters. The first kappa shape index (κ1) is 13.2. The molecule has 17 heavy (non-hydrogen) atoms. The van der Waals surface area contributed by atoms with Crippen LogP contribution < -0.4 is 4.74 Å². The zero-order valence-electron chi connectivity index (χ0n) is 9.89. The van der Waals surface area contributed by atoms with E-state index in [1.807, 2.05) is 0 Å². The first-order valence-electron chi connectivity index (χ1n) is 4.97. The minimum atomic E-state index is -1.58. The SMILES string of the molecule is COC(=O)c1cccc(OC(=O)C(C)(C)O)c1. The second kappa shape index (κ2) is 4.97. The van der Waals surface area contributed by atoms with Crippen LogP contribution in [0.25, 0.3) is 0 Å². The summed E-state index contributed by atoms with van der Waals surface area (Å²) in [6, 6.07) is 5.97. The minimum Gasteiger partial charge on any atom is -0.465 e. The lowest BCUT2D eigenvalue weighted by Gasteiger charge is -2.15. The van der Waals surface area contributed by atoms with Crippen LogP contribution in [0, 0.1) is 0 Å². The van der Waals surface area contributed by atoms with Gasteiger partial charge in [0.1, 0.15) is 5.75 Å². The molecule has 0 spiro atoms. The number of aliphatic hydroxyl groups is 1. The molecule has 1 N–H and O–H groups in total. The van der Waals surface area contributed by atoms with Crippen molar-refractivity contribution < 1.29 is 24.2 Å². The molecule has 5 nitrogen and oxygen atoms in total. The number of hydrogen-bond acceptors (Lipinski definition) is 5. The second-order valence-corrected chi connectivity index (χ2v) is 3.97. The first-order chi connectivity index (χ1) is 7.84. The Morgan fingerprint density at radius 2 is 1.94 bits per heavy atom. The van der Waals surface area contributed by atoms with Gasteiger partial charge in [-0.05, 0) is 32.0 Å². The summed E-state index contributed by atoms with van der Waals surface area (Å²) in [5.41, 5.74) is -1.31. The largest absolute Gasteiger partial charge is 0.465 e. The standard InChI is InChI=1S/C12H14O5/c1-12(2,15)11(14)17-9-6-4-5-8(7-9)10(13)16-3/h4-7,15H,1-3H3. The fourth-order valence-electron chi connectivity index (χ4n) is 1.04. The van der Waals surface area contributed by atoms with E-state index in [0.29, 0.717) is 0 Å². The lowest BCUT2D eigenvalue weighted by molar-refractivity contribution is -0.151. The summed E-state index contributed by atoms with van der Waals surface area (Å²) in [6.45, 7) is 2.64. The molecule has 0 aliphatic heterocycles. The van der Waals surface area contributed by atoms with E-state index in [0.717, 1.165) is 0 Å². The van der Waals surface area contributed by atoms with Crippen LogP contribution in [0.5, 0.6) is 5.75 Å². The van der Waals surface area contributed by atoms with Crippen LogP contribution >= 0.6 is 0 Å². The van der Waals surface area contributed by atoms with Gasteiger partial charge in [-0.1, -0.05) is 6.07 Å². The van der Waals surface area contributed by atoms with Gasteiger partial charge < -0.3 is 14.6 Å². The van der Waals surface area contributed by atoms with Gasteiger partial charge in [0.2, 0.25) is 0 Å². The second-order valence-electron chi connectivity index (χ2n) is 3.97. The summed E-state index contributed by atoms with van der Waals surface area (Å²) >= 11 is 0. The van der Waals surface area contributed by atoms with E-state index in [2.05, 4.69) is 4.74 Å². The number of rotatable bonds is 3. The highest BCUT2D eigenvalue weighted by atomic mass is 16.6. The van der Waals surface area contributed by atoms with Crippen molar-refractivity contribution in [1.82, 2.24) is 0 Å². The quantitative estimate of drug-likeness (QED) is 0.631. The third-order valence-electron chi connectivity index (χ3n) is 1.97. The molecule has 0 radical (unpaired) electrons. The molecule has 0 atom stereocenters. The van der Waals surface area contributed by atoms with Gasteiger partial charge in [0.05, 0.1) is 12.7 Å². The molecule has 1 aromatic rings. The van der Waals surface area contributed by atoms with Crippen molar-refractivity contribution in [3.8, 4) is 5.75 Å². The highest BCUT2D eigenvalue weighted by Crippen LogP contribution is 2.16. The Kier molecular flexibility index (Phi) is 3.85. The number of benzene rings is 1. The Bertz CT molecular complexity index is 431. The molecule has 0 aromatic heterocycles. The third kappa shape index (κ3) is 3.57. The van der Waals surface area contributed by atoms with Gasteiger partial charge >= 0.3 is 11.9 Å². The van der Waals surface area contributed by atoms with Crippen molar-refractivity contribution in [2.24, 2.45) is 0 Å². The van der Waals surface area contributed by atoms with E-state index in [4.69, 9.17) is 4.74 Å². The van der Waals surface area contributed by atoms with Gasteiger partial charge in [-0.15, -0.1) is 0 Å². The van der Waals surface area contributed by atoms with Crippen molar-refractivity contribution in [3.63, 3.8) is 0 Å². The van der Waals surface area contributed by atoms with Gasteiger partial charge in [-0.3, -0.25) is 0 Å². The molecular weight excluding hydrogens is 224 g/mol. The zero-order chi connectivity index (χ0) is 13.1. The molecule has 5 heteroatoms. The summed E-state index contributed by atoms with van der Waals surface area (Å²) in [5.74, 6) is -1.13. The summed E-state index contributed by atoms with van der Waals surface area (Å²) in [4.78, 5) is 22.6. The monoisotopic (exact) mass is 238 g/mol. The van der Waals surface area contributed by atoms with Crippen LogP contribution in [0.15, 0.2) is 24.3 Å². The molecule has 0 heterocycles. The molecule has 0 saturated carbocycles. The van der Waals surface area contributed by atoms with E-state index in [1.165, 1.54) is 39.2 Å². The molecule has 92 valence electrons. The predicted molar refractivity (Wildman–Crippen MR) is 59.7 cm³/mol. The number of hydrogen-bond donors (Lipinski definition) is 1. The molecule has 0 saturated heterocycles. The highest BCUT2D eigenvalue weighted by molar-refractivity contribution is 5.90. The van der Waals surface area contributed by atoms with Gasteiger partial charge in [0, 0.05) is 0 Å². The fourth-order valence-corrected chi connectivity index (χ4v) is 1.04. The van der Waals surface area contributed by atoms with E-state index in [-0.39, 0.29) is 11.3 Å². The van der Waals surface area contributed by atoms with Crippen molar-refractivity contribution in [1.29, 1.82) is 0 Å². The molecular formula is C12H14O5.